The number of carbonyl (C=O) groups is 2. The Morgan fingerprint density at radius 1 is 1.00 bits per heavy atom. The van der Waals surface area contributed by atoms with Crippen LogP contribution in [0.4, 0.5) is 17.3 Å². The van der Waals surface area contributed by atoms with Crippen molar-refractivity contribution in [3.8, 4) is 0 Å². The van der Waals surface area contributed by atoms with E-state index in [9.17, 15) is 9.59 Å². The van der Waals surface area contributed by atoms with Crippen LogP contribution in [0, 0.1) is 0 Å². The summed E-state index contributed by atoms with van der Waals surface area (Å²) in [6.45, 7) is 1.44. The van der Waals surface area contributed by atoms with Gasteiger partial charge in [-0.05, 0) is 31.0 Å². The minimum Gasteiger partial charge on any atom is -0.351 e. The van der Waals surface area contributed by atoms with Gasteiger partial charge in [0, 0.05) is 36.7 Å². The molecule has 1 fully saturated rings. The second-order valence-corrected chi connectivity index (χ2v) is 6.49. The zero-order valence-corrected chi connectivity index (χ0v) is 14.8. The zero-order chi connectivity index (χ0) is 18.4. The highest BCUT2D eigenvalue weighted by molar-refractivity contribution is 6.04. The molecule has 136 valence electrons. The fraction of sp³-hybridized carbons (Fsp3) is 0.368. The smallest absolute Gasteiger partial charge is 0.258 e. The fourth-order valence-corrected chi connectivity index (χ4v) is 3.03. The Hall–Kier alpha value is -2.96. The van der Waals surface area contributed by atoms with Crippen LogP contribution < -0.4 is 16.0 Å². The summed E-state index contributed by atoms with van der Waals surface area (Å²) >= 11 is 0. The van der Waals surface area contributed by atoms with Crippen LogP contribution in [-0.4, -0.2) is 27.8 Å². The molecular formula is C19H23N5O2. The summed E-state index contributed by atoms with van der Waals surface area (Å²) in [4.78, 5) is 32.0. The summed E-state index contributed by atoms with van der Waals surface area (Å²) < 4.78 is 0. The molecule has 1 aromatic heterocycles. The predicted octanol–water partition coefficient (Wildman–Crippen LogP) is 3.43. The third kappa shape index (κ3) is 5.02. The van der Waals surface area contributed by atoms with Crippen LogP contribution in [-0.2, 0) is 4.79 Å². The van der Waals surface area contributed by atoms with Crippen LogP contribution >= 0.6 is 0 Å². The van der Waals surface area contributed by atoms with E-state index in [0.29, 0.717) is 28.9 Å². The number of benzene rings is 1. The largest absolute Gasteiger partial charge is 0.351 e. The zero-order valence-electron chi connectivity index (χ0n) is 14.8. The van der Waals surface area contributed by atoms with E-state index in [1.165, 1.54) is 38.6 Å². The monoisotopic (exact) mass is 353 g/mol. The van der Waals surface area contributed by atoms with E-state index in [0.717, 1.165) is 12.8 Å². The van der Waals surface area contributed by atoms with Gasteiger partial charge >= 0.3 is 0 Å². The maximum absolute atomic E-state index is 12.4. The van der Waals surface area contributed by atoms with Crippen molar-refractivity contribution < 1.29 is 9.59 Å². The second kappa shape index (κ2) is 8.42. The molecule has 2 amide bonds. The number of nitrogens with zero attached hydrogens (tertiary/aromatic N) is 2. The number of amides is 2. The van der Waals surface area contributed by atoms with Crippen LogP contribution in [0.3, 0.4) is 0 Å². The van der Waals surface area contributed by atoms with E-state index in [4.69, 9.17) is 0 Å². The predicted molar refractivity (Wildman–Crippen MR) is 101 cm³/mol. The van der Waals surface area contributed by atoms with Gasteiger partial charge in [0.2, 0.25) is 11.9 Å². The molecule has 7 nitrogen and oxygen atoms in total. The van der Waals surface area contributed by atoms with Crippen molar-refractivity contribution in [2.45, 2.75) is 45.1 Å². The van der Waals surface area contributed by atoms with E-state index in [1.54, 1.807) is 24.3 Å². The lowest BCUT2D eigenvalue weighted by Gasteiger charge is -2.22. The van der Waals surface area contributed by atoms with Gasteiger partial charge in [0.15, 0.2) is 0 Å². The molecule has 1 aliphatic carbocycles. The molecule has 0 saturated heterocycles. The van der Waals surface area contributed by atoms with Gasteiger partial charge in [0.05, 0.1) is 5.56 Å². The number of rotatable bonds is 5. The van der Waals surface area contributed by atoms with E-state index in [-0.39, 0.29) is 11.8 Å². The molecule has 0 unspecified atom stereocenters. The number of carbonyl (C=O) groups excluding carboxylic acids is 2. The highest BCUT2D eigenvalue weighted by atomic mass is 16.2. The van der Waals surface area contributed by atoms with Crippen molar-refractivity contribution >= 4 is 29.1 Å². The lowest BCUT2D eigenvalue weighted by molar-refractivity contribution is -0.114. The van der Waals surface area contributed by atoms with Crippen molar-refractivity contribution in [3.63, 3.8) is 0 Å². The Kier molecular flexibility index (Phi) is 5.78. The molecule has 0 aliphatic heterocycles. The summed E-state index contributed by atoms with van der Waals surface area (Å²) in [7, 11) is 0. The van der Waals surface area contributed by atoms with Crippen molar-refractivity contribution in [2.75, 3.05) is 16.0 Å². The minimum atomic E-state index is -0.297. The quantitative estimate of drug-likeness (QED) is 0.765. The number of nitrogens with one attached hydrogen (secondary N) is 3. The van der Waals surface area contributed by atoms with Gasteiger partial charge in [-0.25, -0.2) is 9.97 Å². The Balaban J connectivity index is 1.60. The molecule has 1 heterocycles. The van der Waals surface area contributed by atoms with Crippen LogP contribution in [0.1, 0.15) is 49.4 Å². The normalized spacial score (nSPS) is 14.5. The molecule has 2 aromatic rings. The molecule has 7 heteroatoms. The summed E-state index contributed by atoms with van der Waals surface area (Å²) in [5, 5.41) is 8.79. The summed E-state index contributed by atoms with van der Waals surface area (Å²) in [5.41, 5.74) is 1.59. The van der Waals surface area contributed by atoms with Crippen molar-refractivity contribution in [2.24, 2.45) is 0 Å². The molecule has 0 radical (unpaired) electrons. The first-order chi connectivity index (χ1) is 12.6. The average Bonchev–Trinajstić information content (AvgIpc) is 2.63. The van der Waals surface area contributed by atoms with Crippen LogP contribution in [0.5, 0.6) is 0 Å². The van der Waals surface area contributed by atoms with Gasteiger partial charge in [-0.2, -0.15) is 0 Å². The maximum atomic E-state index is 12.4. The average molecular weight is 353 g/mol. The molecule has 1 saturated carbocycles. The Morgan fingerprint density at radius 2 is 1.65 bits per heavy atom. The molecule has 26 heavy (non-hydrogen) atoms. The molecule has 1 aliphatic rings. The highest BCUT2D eigenvalue weighted by Crippen LogP contribution is 2.20. The molecule has 1 aromatic carbocycles. The summed E-state index contributed by atoms with van der Waals surface area (Å²) in [5.74, 6) is 0.0956. The first kappa shape index (κ1) is 17.8. The molecule has 3 N–H and O–H groups in total. The number of aromatic nitrogens is 2. The van der Waals surface area contributed by atoms with Gasteiger partial charge in [-0.1, -0.05) is 25.3 Å². The van der Waals surface area contributed by atoms with E-state index in [1.807, 2.05) is 0 Å². The lowest BCUT2D eigenvalue weighted by atomic mass is 9.96. The molecule has 0 spiro atoms. The van der Waals surface area contributed by atoms with Crippen molar-refractivity contribution in [1.29, 1.82) is 0 Å². The topological polar surface area (TPSA) is 96.0 Å². The third-order valence-corrected chi connectivity index (χ3v) is 4.29. The maximum Gasteiger partial charge on any atom is 0.258 e. The molecule has 0 atom stereocenters. The van der Waals surface area contributed by atoms with Crippen molar-refractivity contribution in [1.82, 2.24) is 9.97 Å². The highest BCUT2D eigenvalue weighted by Gasteiger charge is 2.14. The van der Waals surface area contributed by atoms with Gasteiger partial charge in [0.25, 0.3) is 5.91 Å². The van der Waals surface area contributed by atoms with E-state index in [2.05, 4.69) is 25.9 Å². The summed E-state index contributed by atoms with van der Waals surface area (Å²) in [6, 6.07) is 7.38. The molecule has 3 rings (SSSR count). The third-order valence-electron chi connectivity index (χ3n) is 4.29. The minimum absolute atomic E-state index is 0.164. The number of hydrogen-bond acceptors (Lipinski definition) is 5. The van der Waals surface area contributed by atoms with Crippen LogP contribution in [0.15, 0.2) is 36.7 Å². The van der Waals surface area contributed by atoms with Gasteiger partial charge in [-0.3, -0.25) is 9.59 Å². The Bertz CT molecular complexity index is 770. The number of hydrogen-bond donors (Lipinski definition) is 3. The summed E-state index contributed by atoms with van der Waals surface area (Å²) in [6.07, 6.45) is 9.06. The van der Waals surface area contributed by atoms with Gasteiger partial charge in [0.1, 0.15) is 0 Å². The Labute approximate surface area is 152 Å². The van der Waals surface area contributed by atoms with Gasteiger partial charge in [-0.15, -0.1) is 0 Å². The number of anilines is 3. The van der Waals surface area contributed by atoms with Gasteiger partial charge < -0.3 is 16.0 Å². The lowest BCUT2D eigenvalue weighted by Crippen LogP contribution is -2.23. The van der Waals surface area contributed by atoms with E-state index >= 15 is 0 Å². The van der Waals surface area contributed by atoms with Crippen LogP contribution in [0.25, 0.3) is 0 Å². The molecule has 0 bridgehead atoms. The second-order valence-electron chi connectivity index (χ2n) is 6.49. The van der Waals surface area contributed by atoms with Crippen LogP contribution in [0.2, 0.25) is 0 Å². The SMILES string of the molecule is CC(=O)Nc1cccc(NC(=O)c2cnc(NC3CCCCC3)nc2)c1. The molecular weight excluding hydrogens is 330 g/mol. The van der Waals surface area contributed by atoms with Crippen molar-refractivity contribution in [3.05, 3.63) is 42.2 Å². The fourth-order valence-electron chi connectivity index (χ4n) is 3.03. The first-order valence-electron chi connectivity index (χ1n) is 8.88. The van der Waals surface area contributed by atoms with E-state index < -0.39 is 0 Å². The Morgan fingerprint density at radius 3 is 2.31 bits per heavy atom. The first-order valence-corrected chi connectivity index (χ1v) is 8.88. The standard InChI is InChI=1S/C19H23N5O2/c1-13(25)22-16-8-5-9-17(10-16)23-18(26)14-11-20-19(21-12-14)24-15-6-3-2-4-7-15/h5,8-12,15H,2-4,6-7H2,1H3,(H,22,25)(H,23,26)(H,20,21,24).